The van der Waals surface area contributed by atoms with Crippen LogP contribution in [0.15, 0.2) is 18.2 Å². The highest BCUT2D eigenvalue weighted by Crippen LogP contribution is 2.43. The second-order valence-corrected chi connectivity index (χ2v) is 8.65. The van der Waals surface area contributed by atoms with Gasteiger partial charge in [-0.1, -0.05) is 36.6 Å². The van der Waals surface area contributed by atoms with Crippen molar-refractivity contribution in [3.63, 3.8) is 0 Å². The van der Waals surface area contributed by atoms with E-state index in [9.17, 15) is 9.90 Å². The summed E-state index contributed by atoms with van der Waals surface area (Å²) in [5.41, 5.74) is 1.25. The van der Waals surface area contributed by atoms with Gasteiger partial charge in [0.05, 0.1) is 9.72 Å². The Morgan fingerprint density at radius 2 is 2.17 bits per heavy atom. The molecule has 3 atom stereocenters. The predicted octanol–water partition coefficient (Wildman–Crippen LogP) is 5.08. The SMILES string of the molecule is Cc1c(CN2C(C(=O)O)CC3CCCCC32)sc2c(Cl)cccc12. The van der Waals surface area contributed by atoms with E-state index in [0.717, 1.165) is 29.1 Å². The molecule has 1 saturated carbocycles. The summed E-state index contributed by atoms with van der Waals surface area (Å²) in [7, 11) is 0. The second kappa shape index (κ2) is 6.32. The number of hydrogen-bond acceptors (Lipinski definition) is 3. The molecule has 1 N–H and O–H groups in total. The van der Waals surface area contributed by atoms with E-state index in [1.54, 1.807) is 11.3 Å². The Bertz CT molecular complexity index is 787. The number of benzene rings is 1. The largest absolute Gasteiger partial charge is 0.480 e. The van der Waals surface area contributed by atoms with Crippen molar-refractivity contribution in [3.8, 4) is 0 Å². The van der Waals surface area contributed by atoms with E-state index in [-0.39, 0.29) is 6.04 Å². The third-order valence-electron chi connectivity index (χ3n) is 5.85. The number of aliphatic carboxylic acids is 1. The standard InChI is InChI=1S/C19H22ClNO2S/c1-11-13-6-4-7-14(20)18(13)24-17(11)10-21-15-8-3-2-5-12(15)9-16(21)19(22)23/h4,6-7,12,15-16H,2-3,5,8-10H2,1H3,(H,22,23). The fraction of sp³-hybridized carbons (Fsp3) is 0.526. The molecule has 1 aliphatic carbocycles. The predicted molar refractivity (Wildman–Crippen MR) is 98.9 cm³/mol. The molecule has 5 heteroatoms. The van der Waals surface area contributed by atoms with Gasteiger partial charge in [-0.2, -0.15) is 0 Å². The number of carbonyl (C=O) groups is 1. The Hall–Kier alpha value is -1.10. The van der Waals surface area contributed by atoms with Gasteiger partial charge in [-0.15, -0.1) is 11.3 Å². The zero-order valence-corrected chi connectivity index (χ0v) is 15.4. The first-order valence-electron chi connectivity index (χ1n) is 8.71. The van der Waals surface area contributed by atoms with Gasteiger partial charge in [-0.05, 0) is 49.1 Å². The number of carboxylic acids is 1. The number of thiophene rings is 1. The molecule has 0 spiro atoms. The van der Waals surface area contributed by atoms with E-state index in [2.05, 4.69) is 17.9 Å². The first-order valence-corrected chi connectivity index (χ1v) is 9.90. The van der Waals surface area contributed by atoms with E-state index in [1.165, 1.54) is 35.1 Å². The molecule has 3 unspecified atom stereocenters. The van der Waals surface area contributed by atoms with Crippen LogP contribution in [0.25, 0.3) is 10.1 Å². The fourth-order valence-corrected chi connectivity index (χ4v) is 6.11. The van der Waals surface area contributed by atoms with Crippen molar-refractivity contribution in [1.29, 1.82) is 0 Å². The number of fused-ring (bicyclic) bond motifs is 2. The van der Waals surface area contributed by atoms with Crippen molar-refractivity contribution in [2.24, 2.45) is 5.92 Å². The van der Waals surface area contributed by atoms with Crippen LogP contribution in [0.3, 0.4) is 0 Å². The minimum absolute atomic E-state index is 0.335. The molecular formula is C19H22ClNO2S. The van der Waals surface area contributed by atoms with Crippen LogP contribution in [-0.4, -0.2) is 28.1 Å². The molecule has 1 aromatic heterocycles. The highest BCUT2D eigenvalue weighted by molar-refractivity contribution is 7.20. The third kappa shape index (κ3) is 2.65. The number of nitrogens with zero attached hydrogens (tertiary/aromatic N) is 1. The maximum absolute atomic E-state index is 11.8. The number of aryl methyl sites for hydroxylation is 1. The summed E-state index contributed by atoms with van der Waals surface area (Å²) in [4.78, 5) is 15.3. The Kier molecular flexibility index (Phi) is 4.31. The van der Waals surface area contributed by atoms with E-state index >= 15 is 0 Å². The van der Waals surface area contributed by atoms with Crippen molar-refractivity contribution in [1.82, 2.24) is 4.90 Å². The van der Waals surface area contributed by atoms with Crippen LogP contribution in [0, 0.1) is 12.8 Å². The second-order valence-electron chi connectivity index (χ2n) is 7.14. The van der Waals surface area contributed by atoms with E-state index in [4.69, 9.17) is 11.6 Å². The minimum Gasteiger partial charge on any atom is -0.480 e. The molecule has 0 radical (unpaired) electrons. The molecule has 2 heterocycles. The molecule has 4 rings (SSSR count). The van der Waals surface area contributed by atoms with Crippen LogP contribution in [-0.2, 0) is 11.3 Å². The number of halogens is 1. The van der Waals surface area contributed by atoms with Gasteiger partial charge in [0, 0.05) is 17.5 Å². The van der Waals surface area contributed by atoms with E-state index < -0.39 is 5.97 Å². The van der Waals surface area contributed by atoms with Gasteiger partial charge in [0.25, 0.3) is 0 Å². The quantitative estimate of drug-likeness (QED) is 0.826. The summed E-state index contributed by atoms with van der Waals surface area (Å²) in [5, 5.41) is 11.7. The highest BCUT2D eigenvalue weighted by atomic mass is 35.5. The van der Waals surface area contributed by atoms with Gasteiger partial charge >= 0.3 is 5.97 Å². The first-order chi connectivity index (χ1) is 11.6. The number of likely N-dealkylation sites (tertiary alicyclic amines) is 1. The maximum Gasteiger partial charge on any atom is 0.320 e. The van der Waals surface area contributed by atoms with Gasteiger partial charge in [0.15, 0.2) is 0 Å². The van der Waals surface area contributed by atoms with Crippen LogP contribution in [0.5, 0.6) is 0 Å². The van der Waals surface area contributed by atoms with Gasteiger partial charge in [-0.3, -0.25) is 9.69 Å². The Morgan fingerprint density at radius 1 is 1.38 bits per heavy atom. The van der Waals surface area contributed by atoms with Crippen molar-refractivity contribution in [2.45, 2.75) is 57.7 Å². The Morgan fingerprint density at radius 3 is 2.92 bits per heavy atom. The summed E-state index contributed by atoms with van der Waals surface area (Å²) in [6.45, 7) is 2.87. The third-order valence-corrected chi connectivity index (χ3v) is 7.60. The molecule has 3 nitrogen and oxygen atoms in total. The van der Waals surface area contributed by atoms with Crippen molar-refractivity contribution in [3.05, 3.63) is 33.7 Å². The van der Waals surface area contributed by atoms with Gasteiger partial charge in [0.2, 0.25) is 0 Å². The molecule has 2 fully saturated rings. The van der Waals surface area contributed by atoms with Crippen molar-refractivity contribution >= 4 is 39.0 Å². The zero-order chi connectivity index (χ0) is 16.8. The first kappa shape index (κ1) is 16.4. The molecule has 0 bridgehead atoms. The summed E-state index contributed by atoms with van der Waals surface area (Å²) >= 11 is 8.08. The lowest BCUT2D eigenvalue weighted by Crippen LogP contribution is -2.41. The van der Waals surface area contributed by atoms with Gasteiger partial charge in [0.1, 0.15) is 6.04 Å². The Balaban J connectivity index is 1.69. The van der Waals surface area contributed by atoms with Crippen LogP contribution in [0.2, 0.25) is 5.02 Å². The zero-order valence-electron chi connectivity index (χ0n) is 13.8. The minimum atomic E-state index is -0.666. The molecule has 0 amide bonds. The average Bonchev–Trinajstić information content (AvgIpc) is 3.09. The monoisotopic (exact) mass is 363 g/mol. The van der Waals surface area contributed by atoms with Crippen LogP contribution in [0.1, 0.15) is 42.5 Å². The molecule has 128 valence electrons. The molecule has 1 aromatic carbocycles. The smallest absolute Gasteiger partial charge is 0.320 e. The molecule has 24 heavy (non-hydrogen) atoms. The summed E-state index contributed by atoms with van der Waals surface area (Å²) < 4.78 is 1.12. The topological polar surface area (TPSA) is 40.5 Å². The van der Waals surface area contributed by atoms with Gasteiger partial charge in [-0.25, -0.2) is 0 Å². The van der Waals surface area contributed by atoms with E-state index in [1.807, 2.05) is 12.1 Å². The lowest BCUT2D eigenvalue weighted by atomic mass is 9.85. The molecule has 2 aliphatic rings. The summed E-state index contributed by atoms with van der Waals surface area (Å²) in [6, 6.07) is 6.12. The summed E-state index contributed by atoms with van der Waals surface area (Å²) in [5.74, 6) is -0.112. The fourth-order valence-electron chi connectivity index (χ4n) is 4.60. The van der Waals surface area contributed by atoms with Crippen molar-refractivity contribution < 1.29 is 9.90 Å². The molecular weight excluding hydrogens is 342 g/mol. The number of carboxylic acid groups (broad SMARTS) is 1. The lowest BCUT2D eigenvalue weighted by molar-refractivity contribution is -0.142. The molecule has 1 saturated heterocycles. The van der Waals surface area contributed by atoms with E-state index in [0.29, 0.717) is 12.0 Å². The van der Waals surface area contributed by atoms with Gasteiger partial charge < -0.3 is 5.11 Å². The van der Waals surface area contributed by atoms with Crippen LogP contribution in [0.4, 0.5) is 0 Å². The lowest BCUT2D eigenvalue weighted by Gasteiger charge is -2.32. The molecule has 2 aromatic rings. The molecule has 1 aliphatic heterocycles. The van der Waals surface area contributed by atoms with Crippen LogP contribution < -0.4 is 0 Å². The number of rotatable bonds is 3. The maximum atomic E-state index is 11.8. The summed E-state index contributed by atoms with van der Waals surface area (Å²) in [6.07, 6.45) is 5.60. The normalized spacial score (nSPS) is 27.5. The van der Waals surface area contributed by atoms with Crippen molar-refractivity contribution in [2.75, 3.05) is 0 Å². The Labute approximate surface area is 151 Å². The van der Waals surface area contributed by atoms with Crippen LogP contribution >= 0.6 is 22.9 Å². The average molecular weight is 364 g/mol. The highest BCUT2D eigenvalue weighted by Gasteiger charge is 2.45. The number of hydrogen-bond donors (Lipinski definition) is 1.